The van der Waals surface area contributed by atoms with Gasteiger partial charge in [0, 0.05) is 6.08 Å². The number of nitrogens with zero attached hydrogens (tertiary/aromatic N) is 1. The maximum absolute atomic E-state index is 11.7. The average molecular weight is 331 g/mol. The molecule has 0 bridgehead atoms. The first-order chi connectivity index (χ1) is 11.0. The van der Waals surface area contributed by atoms with Crippen molar-refractivity contribution in [3.05, 3.63) is 57.0 Å². The van der Waals surface area contributed by atoms with Crippen LogP contribution in [0.3, 0.4) is 0 Å². The molecule has 0 spiro atoms. The van der Waals surface area contributed by atoms with Gasteiger partial charge in [-0.15, -0.1) is 11.3 Å². The maximum Gasteiger partial charge on any atom is 0.337 e. The summed E-state index contributed by atoms with van der Waals surface area (Å²) in [5, 5.41) is 0.954. The lowest BCUT2D eigenvalue weighted by Gasteiger charge is -2.01. The molecule has 23 heavy (non-hydrogen) atoms. The third-order valence-corrected chi connectivity index (χ3v) is 4.14. The summed E-state index contributed by atoms with van der Waals surface area (Å²) < 4.78 is 9.82. The minimum atomic E-state index is -0.424. The van der Waals surface area contributed by atoms with E-state index in [0.717, 1.165) is 21.1 Å². The first kappa shape index (κ1) is 16.9. The number of carbonyl (C=O) groups excluding carboxylic acids is 2. The molecule has 0 aliphatic heterocycles. The van der Waals surface area contributed by atoms with Gasteiger partial charge < -0.3 is 9.47 Å². The first-order valence-electron chi connectivity index (χ1n) is 6.95. The highest BCUT2D eigenvalue weighted by Crippen LogP contribution is 2.18. The average Bonchev–Trinajstić information content (AvgIpc) is 2.88. The molecular formula is C17H17NO4S. The van der Waals surface area contributed by atoms with Crippen molar-refractivity contribution in [1.82, 2.24) is 4.98 Å². The van der Waals surface area contributed by atoms with Gasteiger partial charge in [0.25, 0.3) is 0 Å². The van der Waals surface area contributed by atoms with Gasteiger partial charge in [0.2, 0.25) is 0 Å². The van der Waals surface area contributed by atoms with Crippen molar-refractivity contribution in [2.45, 2.75) is 20.5 Å². The number of esters is 2. The highest BCUT2D eigenvalue weighted by Gasteiger charge is 2.07. The molecule has 5 nitrogen and oxygen atoms in total. The topological polar surface area (TPSA) is 65.5 Å². The normalized spacial score (nSPS) is 10.7. The van der Waals surface area contributed by atoms with Crippen LogP contribution in [0, 0.1) is 13.8 Å². The minimum absolute atomic E-state index is 0.224. The van der Waals surface area contributed by atoms with Gasteiger partial charge in [-0.2, -0.15) is 0 Å². The summed E-state index contributed by atoms with van der Waals surface area (Å²) in [5.74, 6) is -0.817. The molecule has 6 heteroatoms. The smallest absolute Gasteiger partial charge is 0.337 e. The quantitative estimate of drug-likeness (QED) is 0.621. The van der Waals surface area contributed by atoms with Gasteiger partial charge in [-0.3, -0.25) is 0 Å². The number of hydrogen-bond donors (Lipinski definition) is 0. The van der Waals surface area contributed by atoms with Gasteiger partial charge in [0.05, 0.1) is 28.3 Å². The highest BCUT2D eigenvalue weighted by molar-refractivity contribution is 7.11. The Morgan fingerprint density at radius 3 is 2.48 bits per heavy atom. The number of aryl methyl sites for hydroxylation is 2. The molecule has 2 rings (SSSR count). The summed E-state index contributed by atoms with van der Waals surface area (Å²) in [7, 11) is 1.33. The Kier molecular flexibility index (Phi) is 5.65. The predicted molar refractivity (Wildman–Crippen MR) is 88.2 cm³/mol. The first-order valence-corrected chi connectivity index (χ1v) is 7.77. The van der Waals surface area contributed by atoms with E-state index in [2.05, 4.69) is 9.72 Å². The second kappa shape index (κ2) is 7.69. The lowest BCUT2D eigenvalue weighted by atomic mass is 10.1. The fraction of sp³-hybridized carbons (Fsp3) is 0.235. The molecule has 1 aromatic heterocycles. The second-order valence-electron chi connectivity index (χ2n) is 4.80. The van der Waals surface area contributed by atoms with Crippen molar-refractivity contribution in [3.63, 3.8) is 0 Å². The third-order valence-electron chi connectivity index (χ3n) is 3.09. The maximum atomic E-state index is 11.7. The van der Waals surface area contributed by atoms with E-state index in [1.807, 2.05) is 13.8 Å². The largest absolute Gasteiger partial charge is 0.465 e. The number of rotatable bonds is 5. The van der Waals surface area contributed by atoms with Crippen molar-refractivity contribution >= 4 is 29.4 Å². The van der Waals surface area contributed by atoms with E-state index >= 15 is 0 Å². The Morgan fingerprint density at radius 2 is 1.91 bits per heavy atom. The standard InChI is InChI=1S/C17H17NO4S/c1-11-15(23-12(2)18-11)10-22-16(19)9-6-13-4-7-14(8-5-13)17(20)21-3/h4-9H,10H2,1-3H3. The van der Waals surface area contributed by atoms with Crippen LogP contribution in [0.4, 0.5) is 0 Å². The van der Waals surface area contributed by atoms with Crippen LogP contribution in [-0.2, 0) is 20.9 Å². The lowest BCUT2D eigenvalue weighted by molar-refractivity contribution is -0.138. The predicted octanol–water partition coefficient (Wildman–Crippen LogP) is 3.30. The Labute approximate surface area is 138 Å². The van der Waals surface area contributed by atoms with Gasteiger partial charge in [-0.1, -0.05) is 12.1 Å². The Balaban J connectivity index is 1.90. The number of ether oxygens (including phenoxy) is 2. The monoisotopic (exact) mass is 331 g/mol. The Bertz CT molecular complexity index is 732. The molecule has 2 aromatic rings. The van der Waals surface area contributed by atoms with Crippen LogP contribution < -0.4 is 0 Å². The fourth-order valence-electron chi connectivity index (χ4n) is 1.90. The summed E-state index contributed by atoms with van der Waals surface area (Å²) in [4.78, 5) is 28.3. The van der Waals surface area contributed by atoms with E-state index in [1.54, 1.807) is 30.3 Å². The molecule has 0 aliphatic carbocycles. The van der Waals surface area contributed by atoms with Gasteiger partial charge in [-0.05, 0) is 37.6 Å². The minimum Gasteiger partial charge on any atom is -0.465 e. The summed E-state index contributed by atoms with van der Waals surface area (Å²) in [6.07, 6.45) is 2.99. The van der Waals surface area contributed by atoms with Gasteiger partial charge in [0.1, 0.15) is 6.61 Å². The van der Waals surface area contributed by atoms with Crippen LogP contribution in [0.25, 0.3) is 6.08 Å². The molecule has 1 heterocycles. The summed E-state index contributed by atoms with van der Waals surface area (Å²) in [5.41, 5.74) is 2.14. The van der Waals surface area contributed by atoms with Crippen molar-refractivity contribution in [2.24, 2.45) is 0 Å². The summed E-state index contributed by atoms with van der Waals surface area (Å²) in [6.45, 7) is 4.04. The number of aromatic nitrogens is 1. The summed E-state index contributed by atoms with van der Waals surface area (Å²) >= 11 is 1.52. The van der Waals surface area contributed by atoms with E-state index in [1.165, 1.54) is 24.5 Å². The molecule has 120 valence electrons. The Hall–Kier alpha value is -2.47. The lowest BCUT2D eigenvalue weighted by Crippen LogP contribution is -2.01. The van der Waals surface area contributed by atoms with Crippen molar-refractivity contribution in [3.8, 4) is 0 Å². The molecule has 0 N–H and O–H groups in total. The van der Waals surface area contributed by atoms with E-state index in [0.29, 0.717) is 5.56 Å². The molecule has 0 atom stereocenters. The molecule has 0 unspecified atom stereocenters. The SMILES string of the molecule is COC(=O)c1ccc(C=CC(=O)OCc2sc(C)nc2C)cc1. The van der Waals surface area contributed by atoms with E-state index in [4.69, 9.17) is 4.74 Å². The van der Waals surface area contributed by atoms with Crippen LogP contribution >= 0.6 is 11.3 Å². The van der Waals surface area contributed by atoms with Crippen molar-refractivity contribution < 1.29 is 19.1 Å². The Morgan fingerprint density at radius 1 is 1.22 bits per heavy atom. The molecule has 0 aliphatic rings. The second-order valence-corrected chi connectivity index (χ2v) is 6.08. The van der Waals surface area contributed by atoms with Gasteiger partial charge >= 0.3 is 11.9 Å². The van der Waals surface area contributed by atoms with Gasteiger partial charge in [-0.25, -0.2) is 14.6 Å². The number of benzene rings is 1. The molecule has 0 saturated heterocycles. The zero-order valence-electron chi connectivity index (χ0n) is 13.2. The number of hydrogen-bond acceptors (Lipinski definition) is 6. The highest BCUT2D eigenvalue weighted by atomic mass is 32.1. The molecule has 1 aromatic carbocycles. The van der Waals surface area contributed by atoms with Gasteiger partial charge in [0.15, 0.2) is 0 Å². The number of carbonyl (C=O) groups is 2. The molecular weight excluding hydrogens is 314 g/mol. The molecule has 0 saturated carbocycles. The number of thiazole rings is 1. The zero-order valence-corrected chi connectivity index (χ0v) is 14.0. The van der Waals surface area contributed by atoms with Crippen LogP contribution in [0.2, 0.25) is 0 Å². The van der Waals surface area contributed by atoms with Crippen LogP contribution in [-0.4, -0.2) is 24.0 Å². The number of methoxy groups -OCH3 is 1. The van der Waals surface area contributed by atoms with Crippen molar-refractivity contribution in [1.29, 1.82) is 0 Å². The summed E-state index contributed by atoms with van der Waals surface area (Å²) in [6, 6.07) is 6.74. The van der Waals surface area contributed by atoms with Crippen molar-refractivity contribution in [2.75, 3.05) is 7.11 Å². The van der Waals surface area contributed by atoms with Crippen LogP contribution in [0.15, 0.2) is 30.3 Å². The van der Waals surface area contributed by atoms with Crippen LogP contribution in [0.1, 0.15) is 31.5 Å². The molecule has 0 amide bonds. The molecule has 0 fully saturated rings. The zero-order chi connectivity index (χ0) is 16.8. The fourth-order valence-corrected chi connectivity index (χ4v) is 2.75. The van der Waals surface area contributed by atoms with E-state index in [-0.39, 0.29) is 6.61 Å². The molecule has 0 radical (unpaired) electrons. The van der Waals surface area contributed by atoms with E-state index in [9.17, 15) is 9.59 Å². The van der Waals surface area contributed by atoms with E-state index < -0.39 is 11.9 Å². The van der Waals surface area contributed by atoms with Crippen LogP contribution in [0.5, 0.6) is 0 Å². The third kappa shape index (κ3) is 4.75.